The number of aromatic nitrogens is 1. The quantitative estimate of drug-likeness (QED) is 0.704. The number of rotatable bonds is 7. The van der Waals surface area contributed by atoms with Crippen LogP contribution in [-0.2, 0) is 21.3 Å². The first kappa shape index (κ1) is 15.0. The van der Waals surface area contributed by atoms with Crippen LogP contribution in [0.25, 0.3) is 0 Å². The third-order valence-electron chi connectivity index (χ3n) is 4.25. The van der Waals surface area contributed by atoms with E-state index >= 15 is 0 Å². The van der Waals surface area contributed by atoms with E-state index < -0.39 is 10.0 Å². The molecule has 0 amide bonds. The summed E-state index contributed by atoms with van der Waals surface area (Å²) in [5.74, 6) is 0. The van der Waals surface area contributed by atoms with Gasteiger partial charge in [-0.1, -0.05) is 0 Å². The van der Waals surface area contributed by atoms with Crippen LogP contribution in [0.2, 0.25) is 0 Å². The molecule has 1 aromatic heterocycles. The van der Waals surface area contributed by atoms with Crippen LogP contribution in [0.5, 0.6) is 0 Å². The van der Waals surface area contributed by atoms with Crippen LogP contribution in [0.3, 0.4) is 0 Å². The highest BCUT2D eigenvalue weighted by Gasteiger charge is 2.31. The van der Waals surface area contributed by atoms with Crippen molar-refractivity contribution < 1.29 is 13.2 Å². The molecule has 0 bridgehead atoms. The van der Waals surface area contributed by atoms with Gasteiger partial charge in [0.05, 0.1) is 11.0 Å². The zero-order valence-electron chi connectivity index (χ0n) is 12.3. The molecule has 0 radical (unpaired) electrons. The highest BCUT2D eigenvalue weighted by Crippen LogP contribution is 2.24. The second kappa shape index (κ2) is 6.08. The van der Waals surface area contributed by atoms with Crippen LogP contribution < -0.4 is 10.0 Å². The number of sulfonamides is 1. The summed E-state index contributed by atoms with van der Waals surface area (Å²) in [5.41, 5.74) is 0.900. The fourth-order valence-electron chi connectivity index (χ4n) is 2.83. The van der Waals surface area contributed by atoms with Crippen LogP contribution in [0.1, 0.15) is 37.8 Å². The van der Waals surface area contributed by atoms with E-state index in [0.717, 1.165) is 25.0 Å². The van der Waals surface area contributed by atoms with Crippen molar-refractivity contribution in [1.82, 2.24) is 15.0 Å². The van der Waals surface area contributed by atoms with Crippen LogP contribution in [0.15, 0.2) is 17.2 Å². The molecule has 2 unspecified atom stereocenters. The van der Waals surface area contributed by atoms with Gasteiger partial charge < -0.3 is 15.0 Å². The molecule has 2 fully saturated rings. The average molecular weight is 313 g/mol. The van der Waals surface area contributed by atoms with Gasteiger partial charge in [0.1, 0.15) is 0 Å². The summed E-state index contributed by atoms with van der Waals surface area (Å²) in [4.78, 5) is 3.33. The summed E-state index contributed by atoms with van der Waals surface area (Å²) >= 11 is 0. The van der Waals surface area contributed by atoms with Crippen molar-refractivity contribution in [3.05, 3.63) is 18.0 Å². The molecule has 1 aromatic rings. The van der Waals surface area contributed by atoms with E-state index in [1.807, 2.05) is 0 Å². The second-order valence-electron chi connectivity index (χ2n) is 5.95. The molecule has 2 atom stereocenters. The Labute approximate surface area is 125 Å². The molecule has 0 spiro atoms. The number of hydrogen-bond acceptors (Lipinski definition) is 4. The number of hydrogen-bond donors (Lipinski definition) is 3. The zero-order valence-corrected chi connectivity index (χ0v) is 13.1. The van der Waals surface area contributed by atoms with Crippen LogP contribution >= 0.6 is 0 Å². The van der Waals surface area contributed by atoms with E-state index in [0.29, 0.717) is 17.5 Å². The third-order valence-corrected chi connectivity index (χ3v) is 5.72. The zero-order chi connectivity index (χ0) is 14.9. The Balaban J connectivity index is 1.63. The molecule has 2 aliphatic carbocycles. The summed E-state index contributed by atoms with van der Waals surface area (Å²) in [6, 6.07) is 2.18. The third kappa shape index (κ3) is 3.66. The molecule has 3 N–H and O–H groups in total. The average Bonchev–Trinajstić information content (AvgIpc) is 2.98. The fourth-order valence-corrected chi connectivity index (χ4v) is 4.14. The lowest BCUT2D eigenvalue weighted by atomic mass is 10.2. The van der Waals surface area contributed by atoms with Crippen LogP contribution in [0, 0.1) is 0 Å². The van der Waals surface area contributed by atoms with Crippen molar-refractivity contribution in [3.63, 3.8) is 0 Å². The molecule has 7 heteroatoms. The summed E-state index contributed by atoms with van der Waals surface area (Å²) < 4.78 is 32.9. The predicted octanol–water partition coefficient (Wildman–Crippen LogP) is 1.11. The standard InChI is InChI=1S/C14H23N3O3S/c1-20-14-4-2-3-13(14)17-21(18,19)12-7-11(16-9-12)8-15-10-5-6-10/h7,9-10,13-17H,2-6,8H2,1H3. The van der Waals surface area contributed by atoms with Crippen molar-refractivity contribution in [3.8, 4) is 0 Å². The molecule has 3 rings (SSSR count). The first-order valence-electron chi connectivity index (χ1n) is 7.54. The summed E-state index contributed by atoms with van der Waals surface area (Å²) in [7, 11) is -1.84. The van der Waals surface area contributed by atoms with Crippen molar-refractivity contribution in [2.45, 2.75) is 61.7 Å². The van der Waals surface area contributed by atoms with Crippen molar-refractivity contribution in [1.29, 1.82) is 0 Å². The normalized spacial score (nSPS) is 26.3. The van der Waals surface area contributed by atoms with E-state index in [4.69, 9.17) is 4.74 Å². The maximum atomic E-state index is 12.4. The smallest absolute Gasteiger partial charge is 0.242 e. The summed E-state index contributed by atoms with van der Waals surface area (Å²) in [6.45, 7) is 0.685. The lowest BCUT2D eigenvalue weighted by Gasteiger charge is -2.19. The maximum absolute atomic E-state index is 12.4. The van der Waals surface area contributed by atoms with Gasteiger partial charge in [0.25, 0.3) is 0 Å². The van der Waals surface area contributed by atoms with Crippen molar-refractivity contribution in [2.24, 2.45) is 0 Å². The maximum Gasteiger partial charge on any atom is 0.242 e. The topological polar surface area (TPSA) is 83.2 Å². The van der Waals surface area contributed by atoms with Gasteiger partial charge in [-0.3, -0.25) is 0 Å². The molecule has 21 heavy (non-hydrogen) atoms. The van der Waals surface area contributed by atoms with Gasteiger partial charge in [0.15, 0.2) is 0 Å². The first-order chi connectivity index (χ1) is 10.1. The van der Waals surface area contributed by atoms with Gasteiger partial charge in [-0.05, 0) is 38.2 Å². The van der Waals surface area contributed by atoms with E-state index in [-0.39, 0.29) is 12.1 Å². The molecular weight excluding hydrogens is 290 g/mol. The minimum atomic E-state index is -3.48. The molecule has 1 heterocycles. The Morgan fingerprint density at radius 2 is 2.14 bits per heavy atom. The molecule has 0 aromatic carbocycles. The minimum Gasteiger partial charge on any atom is -0.380 e. The Bertz CT molecular complexity index is 580. The van der Waals surface area contributed by atoms with E-state index in [9.17, 15) is 8.42 Å². The summed E-state index contributed by atoms with van der Waals surface area (Å²) in [6.07, 6.45) is 6.71. The lowest BCUT2D eigenvalue weighted by molar-refractivity contribution is 0.0916. The lowest BCUT2D eigenvalue weighted by Crippen LogP contribution is -2.40. The largest absolute Gasteiger partial charge is 0.380 e. The monoisotopic (exact) mass is 313 g/mol. The van der Waals surface area contributed by atoms with E-state index in [2.05, 4.69) is 15.0 Å². The first-order valence-corrected chi connectivity index (χ1v) is 9.02. The van der Waals surface area contributed by atoms with Crippen LogP contribution in [-0.4, -0.2) is 38.7 Å². The predicted molar refractivity (Wildman–Crippen MR) is 79.4 cm³/mol. The molecule has 0 aliphatic heterocycles. The molecule has 6 nitrogen and oxygen atoms in total. The van der Waals surface area contributed by atoms with E-state index in [1.165, 1.54) is 12.8 Å². The van der Waals surface area contributed by atoms with Gasteiger partial charge in [-0.15, -0.1) is 0 Å². The van der Waals surface area contributed by atoms with Crippen molar-refractivity contribution >= 4 is 10.0 Å². The molecular formula is C14H23N3O3S. The van der Waals surface area contributed by atoms with Gasteiger partial charge in [0, 0.05) is 37.6 Å². The van der Waals surface area contributed by atoms with E-state index in [1.54, 1.807) is 19.4 Å². The number of nitrogens with one attached hydrogen (secondary N) is 3. The van der Waals surface area contributed by atoms with Gasteiger partial charge in [-0.25, -0.2) is 13.1 Å². The molecule has 2 aliphatic rings. The Kier molecular flexibility index (Phi) is 4.35. The number of methoxy groups -OCH3 is 1. The Morgan fingerprint density at radius 3 is 2.86 bits per heavy atom. The SMILES string of the molecule is COC1CCCC1NS(=O)(=O)c1c[nH]c(CNC2CC2)c1. The van der Waals surface area contributed by atoms with Gasteiger partial charge in [-0.2, -0.15) is 0 Å². The number of aromatic amines is 1. The Hall–Kier alpha value is -0.890. The number of ether oxygens (including phenoxy) is 1. The Morgan fingerprint density at radius 1 is 1.33 bits per heavy atom. The van der Waals surface area contributed by atoms with Crippen molar-refractivity contribution in [2.75, 3.05) is 7.11 Å². The minimum absolute atomic E-state index is 0.0188. The van der Waals surface area contributed by atoms with Gasteiger partial charge in [0.2, 0.25) is 10.0 Å². The molecule has 118 valence electrons. The van der Waals surface area contributed by atoms with Crippen LogP contribution in [0.4, 0.5) is 0 Å². The molecule has 0 saturated heterocycles. The second-order valence-corrected chi connectivity index (χ2v) is 7.66. The van der Waals surface area contributed by atoms with Gasteiger partial charge >= 0.3 is 0 Å². The summed E-state index contributed by atoms with van der Waals surface area (Å²) in [5, 5.41) is 3.36. The number of H-pyrrole nitrogens is 1. The highest BCUT2D eigenvalue weighted by molar-refractivity contribution is 7.89. The fraction of sp³-hybridized carbons (Fsp3) is 0.714. The molecule has 2 saturated carbocycles. The highest BCUT2D eigenvalue weighted by atomic mass is 32.2.